The van der Waals surface area contributed by atoms with E-state index in [4.69, 9.17) is 0 Å². The fourth-order valence-corrected chi connectivity index (χ4v) is 3.71. The second kappa shape index (κ2) is 8.32. The molecule has 3 rings (SSSR count). The predicted octanol–water partition coefficient (Wildman–Crippen LogP) is 3.56. The van der Waals surface area contributed by atoms with E-state index in [0.29, 0.717) is 18.4 Å². The standard InChI is InChI=1S/C23H23N3O4/c1-4-17-12-9-13-19(26(29)30)18(17)14-20-21(27)24-23(5-2,22(28)25(20)3)15-16-10-7-6-8-11-16/h4,6-14H,1,5,15H2,2-3H3,(H,24,27). The summed E-state index contributed by atoms with van der Waals surface area (Å²) >= 11 is 0. The fraction of sp³-hybridized carbons (Fsp3) is 0.217. The number of likely N-dealkylation sites (N-methyl/N-ethyl adjacent to an activating group) is 1. The van der Waals surface area contributed by atoms with Gasteiger partial charge in [0.2, 0.25) is 0 Å². The molecule has 0 spiro atoms. The molecule has 2 amide bonds. The van der Waals surface area contributed by atoms with Crippen molar-refractivity contribution in [3.8, 4) is 0 Å². The summed E-state index contributed by atoms with van der Waals surface area (Å²) in [5.74, 6) is -0.721. The van der Waals surface area contributed by atoms with E-state index >= 15 is 0 Å². The maximum Gasteiger partial charge on any atom is 0.277 e. The number of carbonyl (C=O) groups excluding carboxylic acids is 2. The second-order valence-corrected chi connectivity index (χ2v) is 7.19. The first-order chi connectivity index (χ1) is 14.3. The summed E-state index contributed by atoms with van der Waals surface area (Å²) in [6.45, 7) is 5.54. The van der Waals surface area contributed by atoms with Gasteiger partial charge in [0, 0.05) is 19.5 Å². The van der Waals surface area contributed by atoms with Gasteiger partial charge in [-0.1, -0.05) is 62.0 Å². The van der Waals surface area contributed by atoms with Gasteiger partial charge in [-0.05, 0) is 23.6 Å². The molecule has 1 unspecified atom stereocenters. The molecule has 1 heterocycles. The Labute approximate surface area is 174 Å². The Bertz CT molecular complexity index is 1050. The number of amides is 2. The van der Waals surface area contributed by atoms with Crippen molar-refractivity contribution < 1.29 is 14.5 Å². The molecule has 7 nitrogen and oxygen atoms in total. The minimum Gasteiger partial charge on any atom is -0.336 e. The van der Waals surface area contributed by atoms with Crippen molar-refractivity contribution in [2.75, 3.05) is 7.05 Å². The molecule has 2 aromatic rings. The molecule has 1 fully saturated rings. The molecule has 0 aliphatic carbocycles. The van der Waals surface area contributed by atoms with E-state index in [1.165, 1.54) is 30.2 Å². The minimum absolute atomic E-state index is 0.0505. The van der Waals surface area contributed by atoms with Crippen LogP contribution >= 0.6 is 0 Å². The Morgan fingerprint density at radius 1 is 1.17 bits per heavy atom. The maximum absolute atomic E-state index is 13.3. The van der Waals surface area contributed by atoms with Gasteiger partial charge in [0.15, 0.2) is 0 Å². The van der Waals surface area contributed by atoms with Gasteiger partial charge in [0.1, 0.15) is 11.2 Å². The van der Waals surface area contributed by atoms with E-state index in [0.717, 1.165) is 5.56 Å². The van der Waals surface area contributed by atoms with Crippen molar-refractivity contribution in [2.45, 2.75) is 25.3 Å². The normalized spacial score (nSPS) is 20.2. The second-order valence-electron chi connectivity index (χ2n) is 7.19. The zero-order valence-corrected chi connectivity index (χ0v) is 16.9. The Morgan fingerprint density at radius 2 is 1.87 bits per heavy atom. The Kier molecular flexibility index (Phi) is 5.82. The highest BCUT2D eigenvalue weighted by Gasteiger charge is 2.46. The monoisotopic (exact) mass is 405 g/mol. The highest BCUT2D eigenvalue weighted by Crippen LogP contribution is 2.31. The molecular weight excluding hydrogens is 382 g/mol. The molecule has 7 heteroatoms. The van der Waals surface area contributed by atoms with Crippen LogP contribution in [0.15, 0.2) is 60.8 Å². The molecule has 0 bridgehead atoms. The molecule has 0 saturated carbocycles. The minimum atomic E-state index is -1.07. The summed E-state index contributed by atoms with van der Waals surface area (Å²) in [5, 5.41) is 14.3. The smallest absolute Gasteiger partial charge is 0.277 e. The molecular formula is C23H23N3O4. The van der Waals surface area contributed by atoms with Crippen LogP contribution in [0.2, 0.25) is 0 Å². The average molecular weight is 405 g/mol. The van der Waals surface area contributed by atoms with Gasteiger partial charge in [0.05, 0.1) is 10.5 Å². The lowest BCUT2D eigenvalue weighted by atomic mass is 9.84. The first-order valence-corrected chi connectivity index (χ1v) is 9.59. The van der Waals surface area contributed by atoms with Crippen molar-refractivity contribution in [1.29, 1.82) is 0 Å². The SMILES string of the molecule is C=Cc1cccc([N+](=O)[O-])c1C=C1C(=O)NC(CC)(Cc2ccccc2)C(=O)N1C. The van der Waals surface area contributed by atoms with E-state index < -0.39 is 16.4 Å². The van der Waals surface area contributed by atoms with Gasteiger partial charge in [-0.2, -0.15) is 0 Å². The number of nitrogens with zero attached hydrogens (tertiary/aromatic N) is 2. The van der Waals surface area contributed by atoms with E-state index in [1.54, 1.807) is 12.1 Å². The molecule has 1 saturated heterocycles. The van der Waals surface area contributed by atoms with Crippen molar-refractivity contribution in [2.24, 2.45) is 0 Å². The molecule has 1 aliphatic heterocycles. The molecule has 1 N–H and O–H groups in total. The lowest BCUT2D eigenvalue weighted by Crippen LogP contribution is -2.65. The number of nitrogens with one attached hydrogen (secondary N) is 1. The summed E-state index contributed by atoms with van der Waals surface area (Å²) in [7, 11) is 1.52. The maximum atomic E-state index is 13.3. The van der Waals surface area contributed by atoms with E-state index in [1.807, 2.05) is 37.3 Å². The molecule has 1 aliphatic rings. The van der Waals surface area contributed by atoms with Gasteiger partial charge >= 0.3 is 0 Å². The number of nitro groups is 1. The van der Waals surface area contributed by atoms with E-state index in [9.17, 15) is 19.7 Å². The third kappa shape index (κ3) is 3.74. The third-order valence-electron chi connectivity index (χ3n) is 5.43. The van der Waals surface area contributed by atoms with Crippen LogP contribution in [0.25, 0.3) is 12.2 Å². The van der Waals surface area contributed by atoms with Crippen LogP contribution < -0.4 is 5.32 Å². The predicted molar refractivity (Wildman–Crippen MR) is 115 cm³/mol. The summed E-state index contributed by atoms with van der Waals surface area (Å²) in [6.07, 6.45) is 3.63. The molecule has 2 aromatic carbocycles. The number of benzene rings is 2. The Hall–Kier alpha value is -3.74. The number of hydrogen-bond acceptors (Lipinski definition) is 4. The topological polar surface area (TPSA) is 92.5 Å². The average Bonchev–Trinajstić information content (AvgIpc) is 2.75. The van der Waals surface area contributed by atoms with E-state index in [-0.39, 0.29) is 22.9 Å². The zero-order valence-electron chi connectivity index (χ0n) is 16.9. The van der Waals surface area contributed by atoms with Crippen molar-refractivity contribution in [3.05, 3.63) is 87.6 Å². The van der Waals surface area contributed by atoms with Gasteiger partial charge < -0.3 is 10.2 Å². The highest BCUT2D eigenvalue weighted by molar-refractivity contribution is 6.09. The van der Waals surface area contributed by atoms with Gasteiger partial charge in [-0.25, -0.2) is 0 Å². The van der Waals surface area contributed by atoms with Crippen LogP contribution in [0.3, 0.4) is 0 Å². The summed E-state index contributed by atoms with van der Waals surface area (Å²) in [4.78, 5) is 38.6. The van der Waals surface area contributed by atoms with Gasteiger partial charge in [-0.15, -0.1) is 0 Å². The van der Waals surface area contributed by atoms with Crippen LogP contribution in [0, 0.1) is 10.1 Å². The zero-order chi connectivity index (χ0) is 21.9. The van der Waals surface area contributed by atoms with Crippen molar-refractivity contribution in [1.82, 2.24) is 10.2 Å². The number of carbonyl (C=O) groups is 2. The van der Waals surface area contributed by atoms with Crippen LogP contribution in [-0.4, -0.2) is 34.2 Å². The largest absolute Gasteiger partial charge is 0.336 e. The van der Waals surface area contributed by atoms with Crippen LogP contribution in [0.1, 0.15) is 30.0 Å². The number of nitro benzene ring substituents is 1. The fourth-order valence-electron chi connectivity index (χ4n) is 3.71. The number of rotatable bonds is 6. The quantitative estimate of drug-likeness (QED) is 0.452. The van der Waals surface area contributed by atoms with E-state index in [2.05, 4.69) is 11.9 Å². The molecule has 30 heavy (non-hydrogen) atoms. The number of hydrogen-bond donors (Lipinski definition) is 1. The molecule has 154 valence electrons. The van der Waals surface area contributed by atoms with Gasteiger partial charge in [-0.3, -0.25) is 19.7 Å². The summed E-state index contributed by atoms with van der Waals surface area (Å²) in [5.41, 5.74) is 0.478. The van der Waals surface area contributed by atoms with Crippen molar-refractivity contribution in [3.63, 3.8) is 0 Å². The van der Waals surface area contributed by atoms with Crippen LogP contribution in [0.4, 0.5) is 5.69 Å². The first-order valence-electron chi connectivity index (χ1n) is 9.59. The molecule has 0 aromatic heterocycles. The van der Waals surface area contributed by atoms with Crippen LogP contribution in [0.5, 0.6) is 0 Å². The first kappa shape index (κ1) is 21.0. The van der Waals surface area contributed by atoms with Crippen LogP contribution in [-0.2, 0) is 16.0 Å². The van der Waals surface area contributed by atoms with Crippen molar-refractivity contribution >= 4 is 29.7 Å². The highest BCUT2D eigenvalue weighted by atomic mass is 16.6. The number of piperazine rings is 1. The Balaban J connectivity index is 2.04. The lowest BCUT2D eigenvalue weighted by molar-refractivity contribution is -0.385. The van der Waals surface area contributed by atoms with Gasteiger partial charge in [0.25, 0.3) is 17.5 Å². The summed E-state index contributed by atoms with van der Waals surface area (Å²) in [6, 6.07) is 14.0. The Morgan fingerprint density at radius 3 is 2.47 bits per heavy atom. The molecule has 0 radical (unpaired) electrons. The summed E-state index contributed by atoms with van der Waals surface area (Å²) < 4.78 is 0. The molecule has 1 atom stereocenters. The third-order valence-corrected chi connectivity index (χ3v) is 5.43. The lowest BCUT2D eigenvalue weighted by Gasteiger charge is -2.41.